The number of fused-ring (bicyclic) bond motifs is 1. The van der Waals surface area contributed by atoms with Crippen LogP contribution in [0.15, 0.2) is 5.38 Å². The zero-order chi connectivity index (χ0) is 7.68. The number of aryl methyl sites for hydroxylation is 1. The van der Waals surface area contributed by atoms with Gasteiger partial charge in [0.1, 0.15) is 0 Å². The van der Waals surface area contributed by atoms with Gasteiger partial charge in [-0.05, 0) is 48.7 Å². The summed E-state index contributed by atoms with van der Waals surface area (Å²) in [6.07, 6.45) is 5.05. The summed E-state index contributed by atoms with van der Waals surface area (Å²) >= 11 is 1.92. The Bertz CT molecular complexity index is 252. The molecule has 11 heavy (non-hydrogen) atoms. The summed E-state index contributed by atoms with van der Waals surface area (Å²) in [4.78, 5) is 1.62. The summed E-state index contributed by atoms with van der Waals surface area (Å²) in [5.41, 5.74) is 8.66. The van der Waals surface area contributed by atoms with E-state index in [9.17, 15) is 0 Å². The van der Waals surface area contributed by atoms with Crippen molar-refractivity contribution in [1.29, 1.82) is 0 Å². The van der Waals surface area contributed by atoms with Crippen LogP contribution < -0.4 is 5.73 Å². The second kappa shape index (κ2) is 2.95. The molecule has 0 fully saturated rings. The monoisotopic (exact) mass is 167 g/mol. The molecule has 2 rings (SSSR count). The van der Waals surface area contributed by atoms with Gasteiger partial charge in [0.25, 0.3) is 0 Å². The van der Waals surface area contributed by atoms with Gasteiger partial charge in [0.05, 0.1) is 0 Å². The van der Waals surface area contributed by atoms with Crippen LogP contribution in [-0.2, 0) is 19.3 Å². The van der Waals surface area contributed by atoms with Crippen LogP contribution in [0.25, 0.3) is 0 Å². The zero-order valence-corrected chi connectivity index (χ0v) is 7.41. The van der Waals surface area contributed by atoms with Gasteiger partial charge in [0.15, 0.2) is 0 Å². The van der Waals surface area contributed by atoms with Crippen molar-refractivity contribution in [3.8, 4) is 0 Å². The molecule has 1 aromatic heterocycles. The molecule has 1 aliphatic rings. The number of thiophene rings is 1. The summed E-state index contributed by atoms with van der Waals surface area (Å²) in [6, 6.07) is 0. The normalized spacial score (nSPS) is 15.4. The van der Waals surface area contributed by atoms with E-state index in [1.807, 2.05) is 11.3 Å². The molecule has 2 N–H and O–H groups in total. The second-order valence-electron chi connectivity index (χ2n) is 3.05. The van der Waals surface area contributed by atoms with E-state index in [2.05, 4.69) is 5.38 Å². The van der Waals surface area contributed by atoms with Crippen molar-refractivity contribution in [1.82, 2.24) is 0 Å². The minimum Gasteiger partial charge on any atom is -0.330 e. The summed E-state index contributed by atoms with van der Waals surface area (Å²) in [7, 11) is 0. The van der Waals surface area contributed by atoms with Gasteiger partial charge in [-0.25, -0.2) is 0 Å². The Morgan fingerprint density at radius 1 is 1.45 bits per heavy atom. The maximum absolute atomic E-state index is 5.52. The van der Waals surface area contributed by atoms with Crippen LogP contribution in [0.5, 0.6) is 0 Å². The smallest absolute Gasteiger partial charge is 0.00801 e. The highest BCUT2D eigenvalue weighted by Gasteiger charge is 2.15. The molecular formula is C9H13NS. The Morgan fingerprint density at radius 2 is 2.36 bits per heavy atom. The van der Waals surface area contributed by atoms with Gasteiger partial charge in [-0.3, -0.25) is 0 Å². The SMILES string of the molecule is NCCc1csc2c1CCC2. The molecule has 1 heterocycles. The number of nitrogens with two attached hydrogens (primary N) is 1. The predicted molar refractivity (Wildman–Crippen MR) is 49.1 cm³/mol. The molecule has 1 nitrogen and oxygen atoms in total. The van der Waals surface area contributed by atoms with Crippen LogP contribution in [0.1, 0.15) is 22.4 Å². The third kappa shape index (κ3) is 1.21. The molecule has 0 aromatic carbocycles. The van der Waals surface area contributed by atoms with E-state index in [0.29, 0.717) is 0 Å². The van der Waals surface area contributed by atoms with Gasteiger partial charge in [0, 0.05) is 4.88 Å². The molecule has 0 saturated heterocycles. The van der Waals surface area contributed by atoms with E-state index in [1.165, 1.54) is 24.8 Å². The standard InChI is InChI=1S/C9H13NS/c10-5-4-7-6-11-9-3-1-2-8(7)9/h6H,1-5,10H2. The second-order valence-corrected chi connectivity index (χ2v) is 4.02. The Kier molecular flexibility index (Phi) is 1.96. The Hall–Kier alpha value is -0.340. The largest absolute Gasteiger partial charge is 0.330 e. The molecule has 0 spiro atoms. The van der Waals surface area contributed by atoms with Crippen molar-refractivity contribution >= 4 is 11.3 Å². The van der Waals surface area contributed by atoms with Crippen LogP contribution >= 0.6 is 11.3 Å². The number of hydrogen-bond donors (Lipinski definition) is 1. The predicted octanol–water partition coefficient (Wildman–Crippen LogP) is 1.74. The molecule has 0 unspecified atom stereocenters. The lowest BCUT2D eigenvalue weighted by atomic mass is 10.1. The summed E-state index contributed by atoms with van der Waals surface area (Å²) in [5, 5.41) is 2.29. The molecule has 0 saturated carbocycles. The van der Waals surface area contributed by atoms with Crippen LogP contribution in [-0.4, -0.2) is 6.54 Å². The fourth-order valence-corrected chi connectivity index (χ4v) is 2.95. The molecule has 1 aromatic rings. The molecule has 0 amide bonds. The molecule has 0 bridgehead atoms. The molecule has 0 aliphatic heterocycles. The summed E-state index contributed by atoms with van der Waals surface area (Å²) in [5.74, 6) is 0. The van der Waals surface area contributed by atoms with E-state index < -0.39 is 0 Å². The Labute approximate surface area is 71.2 Å². The van der Waals surface area contributed by atoms with Gasteiger partial charge in [-0.2, -0.15) is 0 Å². The first-order valence-corrected chi connectivity index (χ1v) is 5.08. The lowest BCUT2D eigenvalue weighted by Gasteiger charge is -1.96. The van der Waals surface area contributed by atoms with Crippen LogP contribution in [0.2, 0.25) is 0 Å². The highest BCUT2D eigenvalue weighted by atomic mass is 32.1. The first-order chi connectivity index (χ1) is 5.42. The molecular weight excluding hydrogens is 154 g/mol. The lowest BCUT2D eigenvalue weighted by Crippen LogP contribution is -2.03. The van der Waals surface area contributed by atoms with Crippen molar-refractivity contribution in [2.45, 2.75) is 25.7 Å². The van der Waals surface area contributed by atoms with Gasteiger partial charge < -0.3 is 5.73 Å². The lowest BCUT2D eigenvalue weighted by molar-refractivity contribution is 0.895. The molecule has 0 radical (unpaired) electrons. The van der Waals surface area contributed by atoms with Crippen LogP contribution in [0, 0.1) is 0 Å². The minimum atomic E-state index is 0.795. The summed E-state index contributed by atoms with van der Waals surface area (Å²) < 4.78 is 0. The Morgan fingerprint density at radius 3 is 3.18 bits per heavy atom. The summed E-state index contributed by atoms with van der Waals surface area (Å²) in [6.45, 7) is 0.795. The van der Waals surface area contributed by atoms with E-state index in [-0.39, 0.29) is 0 Å². The Balaban J connectivity index is 2.27. The van der Waals surface area contributed by atoms with E-state index in [4.69, 9.17) is 5.73 Å². The van der Waals surface area contributed by atoms with Gasteiger partial charge >= 0.3 is 0 Å². The highest BCUT2D eigenvalue weighted by Crippen LogP contribution is 2.31. The third-order valence-electron chi connectivity index (χ3n) is 2.31. The molecule has 0 atom stereocenters. The third-order valence-corrected chi connectivity index (χ3v) is 3.45. The molecule has 60 valence electrons. The van der Waals surface area contributed by atoms with Gasteiger partial charge in [0.2, 0.25) is 0 Å². The molecule has 1 aliphatic carbocycles. The minimum absolute atomic E-state index is 0.795. The average molecular weight is 167 g/mol. The fraction of sp³-hybridized carbons (Fsp3) is 0.556. The van der Waals surface area contributed by atoms with Gasteiger partial charge in [-0.15, -0.1) is 11.3 Å². The van der Waals surface area contributed by atoms with Gasteiger partial charge in [-0.1, -0.05) is 0 Å². The van der Waals surface area contributed by atoms with Crippen molar-refractivity contribution < 1.29 is 0 Å². The number of rotatable bonds is 2. The first kappa shape index (κ1) is 7.32. The van der Waals surface area contributed by atoms with Crippen LogP contribution in [0.4, 0.5) is 0 Å². The first-order valence-electron chi connectivity index (χ1n) is 4.20. The zero-order valence-electron chi connectivity index (χ0n) is 6.60. The maximum Gasteiger partial charge on any atom is 0.00801 e. The van der Waals surface area contributed by atoms with E-state index in [1.54, 1.807) is 10.4 Å². The topological polar surface area (TPSA) is 26.0 Å². The van der Waals surface area contributed by atoms with Crippen molar-refractivity contribution in [3.05, 3.63) is 21.4 Å². The maximum atomic E-state index is 5.52. The van der Waals surface area contributed by atoms with E-state index >= 15 is 0 Å². The van der Waals surface area contributed by atoms with Crippen molar-refractivity contribution in [2.24, 2.45) is 5.73 Å². The van der Waals surface area contributed by atoms with E-state index in [0.717, 1.165) is 13.0 Å². The van der Waals surface area contributed by atoms with Crippen molar-refractivity contribution in [2.75, 3.05) is 6.54 Å². The molecule has 2 heteroatoms. The average Bonchev–Trinajstić information content (AvgIpc) is 2.53. The fourth-order valence-electron chi connectivity index (χ4n) is 1.76. The highest BCUT2D eigenvalue weighted by molar-refractivity contribution is 7.10. The van der Waals surface area contributed by atoms with Crippen molar-refractivity contribution in [3.63, 3.8) is 0 Å². The van der Waals surface area contributed by atoms with Crippen LogP contribution in [0.3, 0.4) is 0 Å². The number of hydrogen-bond acceptors (Lipinski definition) is 2. The quantitative estimate of drug-likeness (QED) is 0.713.